The molecule has 5 nitrogen and oxygen atoms in total. The van der Waals surface area contributed by atoms with Crippen molar-refractivity contribution in [1.29, 1.82) is 0 Å². The molecule has 0 bridgehead atoms. The summed E-state index contributed by atoms with van der Waals surface area (Å²) in [6, 6.07) is 10.1. The highest BCUT2D eigenvalue weighted by Crippen LogP contribution is 2.30. The molecule has 0 unspecified atom stereocenters. The summed E-state index contributed by atoms with van der Waals surface area (Å²) in [4.78, 5) is 5.66. The average molecular weight is 274 g/mol. The molecule has 1 atom stereocenters. The zero-order chi connectivity index (χ0) is 13.8. The van der Waals surface area contributed by atoms with Crippen molar-refractivity contribution >= 4 is 12.8 Å². The zero-order valence-corrected chi connectivity index (χ0v) is 11.7. The molecule has 2 heterocycles. The van der Waals surface area contributed by atoms with E-state index in [1.54, 1.807) is 0 Å². The second-order valence-electron chi connectivity index (χ2n) is 5.31. The summed E-state index contributed by atoms with van der Waals surface area (Å²) in [6.07, 6.45) is 0.690. The van der Waals surface area contributed by atoms with E-state index in [0.29, 0.717) is 19.6 Å². The normalized spacial score (nSPS) is 27.4. The molecule has 1 aromatic carbocycles. The molecule has 3 rings (SSSR count). The predicted molar refractivity (Wildman–Crippen MR) is 77.6 cm³/mol. The van der Waals surface area contributed by atoms with Gasteiger partial charge in [0, 0.05) is 32.7 Å². The Morgan fingerprint density at radius 2 is 1.85 bits per heavy atom. The maximum Gasteiger partial charge on any atom is 0.507 e. The van der Waals surface area contributed by atoms with Gasteiger partial charge in [-0.05, 0) is 12.5 Å². The standard InChI is InChI=1S/C14H19BN2O3/c1-14(15-18-9-7-16-8-10-19-15)11-13(17-20-14)12-5-3-2-4-6-12/h2-6,16H,7-11H2,1H3/t14-/m1/s1. The van der Waals surface area contributed by atoms with E-state index in [1.165, 1.54) is 0 Å². The minimum absolute atomic E-state index is 0.380. The first-order chi connectivity index (χ1) is 9.78. The Labute approximate surface area is 119 Å². The third kappa shape index (κ3) is 2.87. The molecule has 0 aliphatic carbocycles. The van der Waals surface area contributed by atoms with E-state index < -0.39 is 5.50 Å². The van der Waals surface area contributed by atoms with Crippen LogP contribution in [0.4, 0.5) is 0 Å². The van der Waals surface area contributed by atoms with Crippen LogP contribution in [0.2, 0.25) is 0 Å². The van der Waals surface area contributed by atoms with Gasteiger partial charge in [-0.3, -0.25) is 0 Å². The van der Waals surface area contributed by atoms with Crippen LogP contribution in [-0.4, -0.2) is 44.6 Å². The second kappa shape index (κ2) is 5.95. The molecular weight excluding hydrogens is 255 g/mol. The van der Waals surface area contributed by atoms with Gasteiger partial charge in [0.25, 0.3) is 0 Å². The van der Waals surface area contributed by atoms with E-state index in [9.17, 15) is 0 Å². The number of benzene rings is 1. The van der Waals surface area contributed by atoms with Gasteiger partial charge >= 0.3 is 7.12 Å². The van der Waals surface area contributed by atoms with Gasteiger partial charge in [-0.25, -0.2) is 0 Å². The number of nitrogens with zero attached hydrogens (tertiary/aromatic N) is 1. The van der Waals surface area contributed by atoms with Crippen LogP contribution in [0.15, 0.2) is 35.5 Å². The summed E-state index contributed by atoms with van der Waals surface area (Å²) < 4.78 is 11.5. The predicted octanol–water partition coefficient (Wildman–Crippen LogP) is 1.23. The summed E-state index contributed by atoms with van der Waals surface area (Å²) in [5.74, 6) is 0. The van der Waals surface area contributed by atoms with Gasteiger partial charge in [-0.15, -0.1) is 0 Å². The maximum atomic E-state index is 5.77. The molecule has 2 aliphatic heterocycles. The Kier molecular flexibility index (Phi) is 4.05. The van der Waals surface area contributed by atoms with Crippen LogP contribution in [0.25, 0.3) is 0 Å². The Morgan fingerprint density at radius 3 is 2.55 bits per heavy atom. The lowest BCUT2D eigenvalue weighted by Gasteiger charge is -2.28. The van der Waals surface area contributed by atoms with Gasteiger partial charge in [0.2, 0.25) is 0 Å². The monoisotopic (exact) mass is 274 g/mol. The van der Waals surface area contributed by atoms with Gasteiger partial charge in [0.05, 0.1) is 5.71 Å². The first-order valence-corrected chi connectivity index (χ1v) is 7.02. The fourth-order valence-corrected chi connectivity index (χ4v) is 2.47. The van der Waals surface area contributed by atoms with Crippen molar-refractivity contribution in [3.05, 3.63) is 35.9 Å². The number of hydrogen-bond acceptors (Lipinski definition) is 5. The number of hydrogen-bond donors (Lipinski definition) is 1. The number of nitrogens with one attached hydrogen (secondary N) is 1. The molecule has 1 N–H and O–H groups in total. The van der Waals surface area contributed by atoms with E-state index in [2.05, 4.69) is 10.5 Å². The Bertz CT molecular complexity index is 475. The third-order valence-electron chi connectivity index (χ3n) is 3.58. The van der Waals surface area contributed by atoms with Gasteiger partial charge in [0.15, 0.2) is 5.50 Å². The van der Waals surface area contributed by atoms with Crippen molar-refractivity contribution in [3.8, 4) is 0 Å². The molecule has 6 heteroatoms. The fraction of sp³-hybridized carbons (Fsp3) is 0.500. The molecule has 20 heavy (non-hydrogen) atoms. The lowest BCUT2D eigenvalue weighted by molar-refractivity contribution is 0.0124. The van der Waals surface area contributed by atoms with Gasteiger partial charge < -0.3 is 19.5 Å². The number of oxime groups is 1. The second-order valence-corrected chi connectivity index (χ2v) is 5.31. The van der Waals surface area contributed by atoms with Gasteiger partial charge in [0.1, 0.15) is 0 Å². The molecule has 1 saturated heterocycles. The van der Waals surface area contributed by atoms with Crippen molar-refractivity contribution in [2.45, 2.75) is 18.8 Å². The zero-order valence-electron chi connectivity index (χ0n) is 11.7. The SMILES string of the molecule is C[C@]1(B2OCCNCCO2)CC(c2ccccc2)=NO1. The molecule has 0 radical (unpaired) electrons. The highest BCUT2D eigenvalue weighted by molar-refractivity contribution is 6.49. The van der Waals surface area contributed by atoms with Crippen LogP contribution in [0.5, 0.6) is 0 Å². The highest BCUT2D eigenvalue weighted by atomic mass is 16.7. The maximum absolute atomic E-state index is 5.77. The van der Waals surface area contributed by atoms with Crippen molar-refractivity contribution in [3.63, 3.8) is 0 Å². The molecule has 0 saturated carbocycles. The van der Waals surface area contributed by atoms with E-state index in [-0.39, 0.29) is 7.12 Å². The molecule has 1 aromatic rings. The van der Waals surface area contributed by atoms with Crippen molar-refractivity contribution in [1.82, 2.24) is 5.32 Å². The van der Waals surface area contributed by atoms with Gasteiger partial charge in [-0.2, -0.15) is 0 Å². The number of rotatable bonds is 2. The Balaban J connectivity index is 1.69. The highest BCUT2D eigenvalue weighted by Gasteiger charge is 2.49. The molecular formula is C14H19BN2O3. The molecule has 0 aromatic heterocycles. The molecule has 2 aliphatic rings. The fourth-order valence-electron chi connectivity index (χ4n) is 2.47. The van der Waals surface area contributed by atoms with Crippen molar-refractivity contribution in [2.75, 3.05) is 26.3 Å². The quantitative estimate of drug-likeness (QED) is 0.824. The van der Waals surface area contributed by atoms with Crippen LogP contribution in [0, 0.1) is 0 Å². The first kappa shape index (κ1) is 13.6. The molecule has 1 fully saturated rings. The Hall–Kier alpha value is -1.37. The first-order valence-electron chi connectivity index (χ1n) is 7.02. The van der Waals surface area contributed by atoms with E-state index in [4.69, 9.17) is 14.1 Å². The summed E-state index contributed by atoms with van der Waals surface area (Å²) in [6.45, 7) is 4.89. The van der Waals surface area contributed by atoms with Crippen molar-refractivity contribution < 1.29 is 14.1 Å². The lowest BCUT2D eigenvalue weighted by Crippen LogP contribution is -2.51. The largest absolute Gasteiger partial charge is 0.507 e. The Morgan fingerprint density at radius 1 is 1.15 bits per heavy atom. The minimum atomic E-state index is -0.553. The lowest BCUT2D eigenvalue weighted by atomic mass is 9.65. The van der Waals surface area contributed by atoms with Crippen LogP contribution in [0.1, 0.15) is 18.9 Å². The summed E-state index contributed by atoms with van der Waals surface area (Å²) in [5, 5.41) is 7.46. The smallest absolute Gasteiger partial charge is 0.407 e. The minimum Gasteiger partial charge on any atom is -0.407 e. The van der Waals surface area contributed by atoms with E-state index >= 15 is 0 Å². The van der Waals surface area contributed by atoms with Crippen LogP contribution in [-0.2, 0) is 14.1 Å². The topological polar surface area (TPSA) is 52.1 Å². The van der Waals surface area contributed by atoms with Crippen LogP contribution >= 0.6 is 0 Å². The summed E-state index contributed by atoms with van der Waals surface area (Å²) in [5.41, 5.74) is 1.48. The summed E-state index contributed by atoms with van der Waals surface area (Å²) in [7, 11) is -0.380. The summed E-state index contributed by atoms with van der Waals surface area (Å²) >= 11 is 0. The third-order valence-corrected chi connectivity index (χ3v) is 3.58. The van der Waals surface area contributed by atoms with Crippen molar-refractivity contribution in [2.24, 2.45) is 5.16 Å². The van der Waals surface area contributed by atoms with Crippen LogP contribution < -0.4 is 5.32 Å². The molecule has 0 amide bonds. The van der Waals surface area contributed by atoms with E-state index in [1.807, 2.05) is 37.3 Å². The van der Waals surface area contributed by atoms with Gasteiger partial charge in [-0.1, -0.05) is 35.5 Å². The molecule has 0 spiro atoms. The van der Waals surface area contributed by atoms with E-state index in [0.717, 1.165) is 24.4 Å². The average Bonchev–Trinajstić information content (AvgIpc) is 2.83. The van der Waals surface area contributed by atoms with Crippen LogP contribution in [0.3, 0.4) is 0 Å². The molecule has 106 valence electrons.